The molecule has 0 saturated heterocycles. The number of aryl methyl sites for hydroxylation is 2. The van der Waals surface area contributed by atoms with Gasteiger partial charge in [0, 0.05) is 0 Å². The van der Waals surface area contributed by atoms with Crippen LogP contribution >= 0.6 is 77.2 Å². The standard InChI is InChI=1S/C28H32S2Se.C16H6Br2S2Se.CH4/c1-3-5-7-9-11-21-13-19-15-27-23(17-25(19)29-21)24-18-26-20(16-28(24)31-27)14-22(30-26)12-10-8-6-4-2;17-15-3-7-1-13-9(5-11(7)19-15)10-6-12-8(2-14(10)21-13)4-16(18)20-12;/h13-18H,3-12H2,1-2H3;1-6H;1H4. The Kier molecular flexibility index (Phi) is 12.1. The van der Waals surface area contributed by atoms with Crippen LogP contribution in [-0.2, 0) is 12.8 Å². The topological polar surface area (TPSA) is 0 Å². The third-order valence-corrected chi connectivity index (χ3v) is 20.3. The zero-order valence-corrected chi connectivity index (χ0v) is 39.1. The van der Waals surface area contributed by atoms with Gasteiger partial charge in [-0.25, -0.2) is 0 Å². The van der Waals surface area contributed by atoms with Gasteiger partial charge in [-0.2, -0.15) is 0 Å². The van der Waals surface area contributed by atoms with Crippen molar-refractivity contribution in [3.05, 3.63) is 90.1 Å². The van der Waals surface area contributed by atoms with Crippen LogP contribution in [0.15, 0.2) is 80.4 Å². The zero-order valence-electron chi connectivity index (χ0n) is 29.2. The van der Waals surface area contributed by atoms with E-state index in [1.165, 1.54) is 142 Å². The van der Waals surface area contributed by atoms with Gasteiger partial charge >= 0.3 is 353 Å². The molecule has 0 radical (unpaired) electrons. The molecule has 6 heterocycles. The Morgan fingerprint density at radius 2 is 0.755 bits per heavy atom. The monoisotopic (exact) mass is 1030 g/mol. The summed E-state index contributed by atoms with van der Waals surface area (Å²) in [5.41, 5.74) is 0. The molecule has 0 nitrogen and oxygen atoms in total. The van der Waals surface area contributed by atoms with Crippen molar-refractivity contribution in [1.82, 2.24) is 0 Å². The molecule has 0 spiro atoms. The van der Waals surface area contributed by atoms with Gasteiger partial charge in [-0.05, 0) is 0 Å². The number of hydrogen-bond donors (Lipinski definition) is 0. The Bertz CT molecular complexity index is 2680. The molecule has 272 valence electrons. The van der Waals surface area contributed by atoms with Crippen molar-refractivity contribution in [3.63, 3.8) is 0 Å². The SMILES string of the molecule is Brc1cc2cc3[se]c4cc5cc(Br)sc5cc4c3cc2s1.C.CCCCCCc1cc2cc3[se]c4cc5cc(CCCCCC)sc5cc4c3cc2s1. The predicted molar refractivity (Wildman–Crippen MR) is 256 cm³/mol. The predicted octanol–water partition coefficient (Wildman–Crippen LogP) is 17.4. The number of thiophene rings is 4. The molecule has 0 fully saturated rings. The van der Waals surface area contributed by atoms with Crippen molar-refractivity contribution < 1.29 is 0 Å². The van der Waals surface area contributed by atoms with Gasteiger partial charge in [-0.15, -0.1) is 0 Å². The third kappa shape index (κ3) is 7.99. The first-order chi connectivity index (χ1) is 25.4. The fraction of sp³-hybridized carbons (Fsp3) is 0.289. The van der Waals surface area contributed by atoms with Crippen LogP contribution < -0.4 is 0 Å². The van der Waals surface area contributed by atoms with Crippen LogP contribution in [0.25, 0.3) is 78.9 Å². The maximum absolute atomic E-state index is 3.60. The van der Waals surface area contributed by atoms with Crippen molar-refractivity contribution in [3.8, 4) is 0 Å². The van der Waals surface area contributed by atoms with E-state index in [0.717, 1.165) is 0 Å². The normalized spacial score (nSPS) is 12.0. The van der Waals surface area contributed by atoms with Crippen molar-refractivity contribution in [1.29, 1.82) is 0 Å². The Morgan fingerprint density at radius 3 is 1.11 bits per heavy atom. The minimum atomic E-state index is 0. The van der Waals surface area contributed by atoms with Gasteiger partial charge in [-0.1, -0.05) is 7.43 Å². The molecule has 10 aromatic rings. The quantitative estimate of drug-likeness (QED) is 0.0946. The molecule has 0 aliphatic carbocycles. The molecule has 6 aromatic heterocycles. The first-order valence-corrected chi connectivity index (χ1v) is 26.7. The number of hydrogen-bond acceptors (Lipinski definition) is 4. The molecular weight excluding hydrogens is 986 g/mol. The van der Waals surface area contributed by atoms with Gasteiger partial charge in [0.05, 0.1) is 0 Å². The van der Waals surface area contributed by atoms with E-state index in [1.807, 2.05) is 45.3 Å². The third-order valence-electron chi connectivity index (χ3n) is 10.1. The second-order valence-electron chi connectivity index (χ2n) is 13.9. The van der Waals surface area contributed by atoms with Crippen LogP contribution in [0.1, 0.15) is 82.4 Å². The number of benzene rings is 4. The molecule has 10 rings (SSSR count). The summed E-state index contributed by atoms with van der Waals surface area (Å²) in [7, 11) is 0. The zero-order chi connectivity index (χ0) is 35.3. The summed E-state index contributed by atoms with van der Waals surface area (Å²) in [6, 6.07) is 28.9. The van der Waals surface area contributed by atoms with Crippen molar-refractivity contribution in [2.24, 2.45) is 0 Å². The van der Waals surface area contributed by atoms with Gasteiger partial charge in [0.1, 0.15) is 0 Å². The Labute approximate surface area is 357 Å². The molecular formula is C45H42Br2S4Se2. The summed E-state index contributed by atoms with van der Waals surface area (Å²) in [6.07, 6.45) is 13.3. The average molecular weight is 1030 g/mol. The Morgan fingerprint density at radius 1 is 0.415 bits per heavy atom. The summed E-state index contributed by atoms with van der Waals surface area (Å²) in [5.74, 6) is 0. The fourth-order valence-electron chi connectivity index (χ4n) is 7.42. The molecule has 0 N–H and O–H groups in total. The van der Waals surface area contributed by atoms with Gasteiger partial charge in [0.25, 0.3) is 0 Å². The summed E-state index contributed by atoms with van der Waals surface area (Å²) < 4.78 is 14.3. The van der Waals surface area contributed by atoms with Gasteiger partial charge in [0.2, 0.25) is 0 Å². The van der Waals surface area contributed by atoms with E-state index in [4.69, 9.17) is 0 Å². The summed E-state index contributed by atoms with van der Waals surface area (Å²) in [6.45, 7) is 4.58. The average Bonchev–Trinajstić information content (AvgIpc) is 3.97. The van der Waals surface area contributed by atoms with Crippen LogP contribution in [0.3, 0.4) is 0 Å². The first-order valence-electron chi connectivity index (χ1n) is 18.4. The summed E-state index contributed by atoms with van der Waals surface area (Å²) >= 11 is 15.8. The second-order valence-corrected chi connectivity index (χ2v) is 25.7. The summed E-state index contributed by atoms with van der Waals surface area (Å²) in [4.78, 5) is 3.15. The Hall–Kier alpha value is -1.28. The number of fused-ring (bicyclic) bond motifs is 10. The summed E-state index contributed by atoms with van der Waals surface area (Å²) in [5, 5.41) is 11.6. The number of rotatable bonds is 10. The van der Waals surface area contributed by atoms with Crippen molar-refractivity contribution in [2.75, 3.05) is 0 Å². The number of halogens is 2. The van der Waals surface area contributed by atoms with E-state index >= 15 is 0 Å². The van der Waals surface area contributed by atoms with E-state index < -0.39 is 0 Å². The van der Waals surface area contributed by atoms with E-state index in [-0.39, 0.29) is 7.43 Å². The molecule has 8 heteroatoms. The molecule has 53 heavy (non-hydrogen) atoms. The molecule has 0 bridgehead atoms. The number of unbranched alkanes of at least 4 members (excludes halogenated alkanes) is 6. The molecule has 0 aliphatic rings. The van der Waals surface area contributed by atoms with Crippen LogP contribution in [0, 0.1) is 0 Å². The van der Waals surface area contributed by atoms with Crippen LogP contribution in [0.2, 0.25) is 0 Å². The van der Waals surface area contributed by atoms with Crippen LogP contribution in [-0.4, -0.2) is 29.0 Å². The Balaban J connectivity index is 0.000000158. The molecule has 0 unspecified atom stereocenters. The molecule has 0 saturated carbocycles. The van der Waals surface area contributed by atoms with E-state index in [0.29, 0.717) is 29.0 Å². The molecule has 0 amide bonds. The molecule has 0 atom stereocenters. The molecule has 0 aliphatic heterocycles. The fourth-order valence-corrected chi connectivity index (χ4v) is 17.7. The minimum absolute atomic E-state index is 0. The van der Waals surface area contributed by atoms with Crippen LogP contribution in [0.5, 0.6) is 0 Å². The maximum atomic E-state index is 3.60. The van der Waals surface area contributed by atoms with E-state index in [9.17, 15) is 0 Å². The van der Waals surface area contributed by atoms with Crippen molar-refractivity contribution in [2.45, 2.75) is 85.5 Å². The van der Waals surface area contributed by atoms with E-state index in [1.54, 1.807) is 18.3 Å². The van der Waals surface area contributed by atoms with Gasteiger partial charge in [0.15, 0.2) is 0 Å². The molecule has 4 aromatic carbocycles. The van der Waals surface area contributed by atoms with Gasteiger partial charge < -0.3 is 0 Å². The first kappa shape index (κ1) is 38.6. The van der Waals surface area contributed by atoms with Crippen LogP contribution in [0.4, 0.5) is 0 Å². The van der Waals surface area contributed by atoms with Gasteiger partial charge in [-0.3, -0.25) is 0 Å². The van der Waals surface area contributed by atoms with Crippen molar-refractivity contribution >= 4 is 185 Å². The van der Waals surface area contributed by atoms with E-state index in [2.05, 4.69) is 119 Å². The second kappa shape index (κ2) is 16.7.